The molecule has 0 aliphatic rings. The van der Waals surface area contributed by atoms with Gasteiger partial charge in [-0.3, -0.25) is 14.9 Å². The van der Waals surface area contributed by atoms with Gasteiger partial charge in [-0.25, -0.2) is 4.79 Å². The van der Waals surface area contributed by atoms with Crippen LogP contribution in [-0.2, 0) is 0 Å². The second kappa shape index (κ2) is 5.62. The molecule has 0 bridgehead atoms. The lowest BCUT2D eigenvalue weighted by Crippen LogP contribution is -2.09. The van der Waals surface area contributed by atoms with Gasteiger partial charge in [-0.15, -0.1) is 0 Å². The first-order valence-electron chi connectivity index (χ1n) is 6.94. The number of carboxylic acids is 1. The first-order valence-corrected chi connectivity index (χ1v) is 6.94. The van der Waals surface area contributed by atoms with Gasteiger partial charge in [0, 0.05) is 23.3 Å². The highest BCUT2D eigenvalue weighted by atomic mass is 16.6. The summed E-state index contributed by atoms with van der Waals surface area (Å²) in [5, 5.41) is 20.2. The number of aromatic carboxylic acids is 1. The van der Waals surface area contributed by atoms with Gasteiger partial charge in [0.15, 0.2) is 11.0 Å². The maximum Gasteiger partial charge on any atom is 0.339 e. The molecule has 1 heterocycles. The molecule has 0 unspecified atom stereocenters. The molecular formula is C17H11NO6. The zero-order valence-electron chi connectivity index (χ0n) is 12.5. The molecule has 0 atom stereocenters. The lowest BCUT2D eigenvalue weighted by Gasteiger charge is -2.08. The molecule has 0 amide bonds. The minimum absolute atomic E-state index is 0.0195. The van der Waals surface area contributed by atoms with Crippen LogP contribution in [0.4, 0.5) is 5.69 Å². The Bertz CT molecular complexity index is 1030. The molecule has 0 fully saturated rings. The molecule has 7 nitrogen and oxygen atoms in total. The smallest absolute Gasteiger partial charge is 0.339 e. The second-order valence-electron chi connectivity index (χ2n) is 5.18. The van der Waals surface area contributed by atoms with Crippen LogP contribution in [0.2, 0.25) is 0 Å². The third-order valence-electron chi connectivity index (χ3n) is 3.72. The highest BCUT2D eigenvalue weighted by Gasteiger charge is 2.18. The van der Waals surface area contributed by atoms with Crippen molar-refractivity contribution in [1.82, 2.24) is 0 Å². The molecule has 0 spiro atoms. The van der Waals surface area contributed by atoms with E-state index in [2.05, 4.69) is 0 Å². The number of non-ortho nitro benzene ring substituents is 1. The van der Waals surface area contributed by atoms with Crippen molar-refractivity contribution in [3.63, 3.8) is 0 Å². The number of nitro groups is 1. The summed E-state index contributed by atoms with van der Waals surface area (Å²) in [6.45, 7) is 1.56. The van der Waals surface area contributed by atoms with E-state index in [0.29, 0.717) is 11.1 Å². The summed E-state index contributed by atoms with van der Waals surface area (Å²) in [6, 6.07) is 9.83. The van der Waals surface area contributed by atoms with Crippen molar-refractivity contribution in [3.8, 4) is 11.3 Å². The molecule has 120 valence electrons. The van der Waals surface area contributed by atoms with Crippen LogP contribution in [0.15, 0.2) is 51.7 Å². The topological polar surface area (TPSA) is 111 Å². The number of fused-ring (bicyclic) bond motifs is 1. The van der Waals surface area contributed by atoms with E-state index in [1.807, 2.05) is 0 Å². The van der Waals surface area contributed by atoms with E-state index in [1.165, 1.54) is 42.5 Å². The predicted molar refractivity (Wildman–Crippen MR) is 86.3 cm³/mol. The fourth-order valence-electron chi connectivity index (χ4n) is 2.49. The zero-order chi connectivity index (χ0) is 17.4. The molecule has 0 aliphatic carbocycles. The van der Waals surface area contributed by atoms with Gasteiger partial charge in [-0.05, 0) is 31.2 Å². The fraction of sp³-hybridized carbons (Fsp3) is 0.0588. The van der Waals surface area contributed by atoms with Gasteiger partial charge in [0.05, 0.1) is 10.3 Å². The highest BCUT2D eigenvalue weighted by molar-refractivity contribution is 6.01. The summed E-state index contributed by atoms with van der Waals surface area (Å²) < 4.78 is 5.70. The van der Waals surface area contributed by atoms with Gasteiger partial charge in [-0.1, -0.05) is 6.07 Å². The van der Waals surface area contributed by atoms with E-state index in [1.54, 1.807) is 6.92 Å². The van der Waals surface area contributed by atoms with Crippen molar-refractivity contribution in [3.05, 3.63) is 73.9 Å². The Hall–Kier alpha value is -3.48. The van der Waals surface area contributed by atoms with Gasteiger partial charge in [-0.2, -0.15) is 0 Å². The lowest BCUT2D eigenvalue weighted by molar-refractivity contribution is -0.384. The molecule has 3 aromatic rings. The number of hydrogen-bond acceptors (Lipinski definition) is 5. The average molecular weight is 325 g/mol. The standard InChI is InChI=1S/C17H11NO6/c1-9-14(19)12-3-2-4-13(17(20)21)16(12)24-15(9)10-5-7-11(8-6-10)18(22)23/h2-8H,1H3,(H,20,21). The van der Waals surface area contributed by atoms with E-state index >= 15 is 0 Å². The largest absolute Gasteiger partial charge is 0.478 e. The Labute approximate surface area is 134 Å². The number of nitrogens with zero attached hydrogens (tertiary/aromatic N) is 1. The Balaban J connectivity index is 2.30. The third kappa shape index (κ3) is 2.41. The molecule has 2 aromatic carbocycles. The maximum absolute atomic E-state index is 12.5. The van der Waals surface area contributed by atoms with Gasteiger partial charge < -0.3 is 9.52 Å². The molecule has 0 saturated carbocycles. The van der Waals surface area contributed by atoms with Gasteiger partial charge in [0.25, 0.3) is 5.69 Å². The highest BCUT2D eigenvalue weighted by Crippen LogP contribution is 2.28. The van der Waals surface area contributed by atoms with Gasteiger partial charge in [0.2, 0.25) is 0 Å². The minimum Gasteiger partial charge on any atom is -0.478 e. The van der Waals surface area contributed by atoms with Crippen molar-refractivity contribution >= 4 is 22.6 Å². The summed E-state index contributed by atoms with van der Waals surface area (Å²) in [4.78, 5) is 34.1. The molecule has 3 rings (SSSR count). The molecule has 7 heteroatoms. The summed E-state index contributed by atoms with van der Waals surface area (Å²) in [5.41, 5.74) is 0.191. The fourth-order valence-corrected chi connectivity index (χ4v) is 2.49. The van der Waals surface area contributed by atoms with Crippen molar-refractivity contribution < 1.29 is 19.2 Å². The Morgan fingerprint density at radius 3 is 2.42 bits per heavy atom. The number of para-hydroxylation sites is 1. The van der Waals surface area contributed by atoms with Crippen molar-refractivity contribution in [2.75, 3.05) is 0 Å². The Morgan fingerprint density at radius 2 is 1.83 bits per heavy atom. The number of carboxylic acid groups (broad SMARTS) is 1. The maximum atomic E-state index is 12.5. The van der Waals surface area contributed by atoms with Crippen molar-refractivity contribution in [2.45, 2.75) is 6.92 Å². The van der Waals surface area contributed by atoms with Crippen LogP contribution in [0, 0.1) is 17.0 Å². The summed E-state index contributed by atoms with van der Waals surface area (Å²) in [7, 11) is 0. The quantitative estimate of drug-likeness (QED) is 0.584. The Morgan fingerprint density at radius 1 is 1.17 bits per heavy atom. The zero-order valence-corrected chi connectivity index (χ0v) is 12.5. The molecule has 24 heavy (non-hydrogen) atoms. The molecular weight excluding hydrogens is 314 g/mol. The molecule has 1 N–H and O–H groups in total. The SMILES string of the molecule is Cc1c(-c2ccc([N+](=O)[O-])cc2)oc2c(C(=O)O)cccc2c1=O. The van der Waals surface area contributed by atoms with Crippen molar-refractivity contribution in [2.24, 2.45) is 0 Å². The van der Waals surface area contributed by atoms with E-state index in [0.717, 1.165) is 0 Å². The first kappa shape index (κ1) is 15.4. The predicted octanol–water partition coefficient (Wildman–Crippen LogP) is 3.37. The van der Waals surface area contributed by atoms with Crippen LogP contribution in [0.1, 0.15) is 15.9 Å². The number of carbonyl (C=O) groups is 1. The third-order valence-corrected chi connectivity index (χ3v) is 3.72. The van der Waals surface area contributed by atoms with Crippen LogP contribution in [0.25, 0.3) is 22.3 Å². The number of hydrogen-bond donors (Lipinski definition) is 1. The molecule has 0 radical (unpaired) electrons. The number of rotatable bonds is 3. The van der Waals surface area contributed by atoms with Crippen LogP contribution >= 0.6 is 0 Å². The first-order chi connectivity index (χ1) is 11.4. The van der Waals surface area contributed by atoms with E-state index in [-0.39, 0.29) is 33.4 Å². The summed E-state index contributed by atoms with van der Waals surface area (Å²) in [5.74, 6) is -1.02. The molecule has 0 saturated heterocycles. The average Bonchev–Trinajstić information content (AvgIpc) is 2.57. The lowest BCUT2D eigenvalue weighted by atomic mass is 10.0. The van der Waals surface area contributed by atoms with Crippen molar-refractivity contribution in [1.29, 1.82) is 0 Å². The van der Waals surface area contributed by atoms with E-state index in [9.17, 15) is 24.8 Å². The van der Waals surface area contributed by atoms with E-state index < -0.39 is 10.9 Å². The van der Waals surface area contributed by atoms with Gasteiger partial charge in [0.1, 0.15) is 11.3 Å². The second-order valence-corrected chi connectivity index (χ2v) is 5.18. The van der Waals surface area contributed by atoms with Crippen LogP contribution in [0.5, 0.6) is 0 Å². The van der Waals surface area contributed by atoms with Crippen LogP contribution < -0.4 is 5.43 Å². The summed E-state index contributed by atoms with van der Waals surface area (Å²) >= 11 is 0. The van der Waals surface area contributed by atoms with E-state index in [4.69, 9.17) is 4.42 Å². The molecule has 1 aromatic heterocycles. The summed E-state index contributed by atoms with van der Waals surface area (Å²) in [6.07, 6.45) is 0. The normalized spacial score (nSPS) is 10.7. The van der Waals surface area contributed by atoms with Crippen LogP contribution in [0.3, 0.4) is 0 Å². The van der Waals surface area contributed by atoms with Crippen LogP contribution in [-0.4, -0.2) is 16.0 Å². The minimum atomic E-state index is -1.21. The monoisotopic (exact) mass is 325 g/mol. The van der Waals surface area contributed by atoms with Gasteiger partial charge >= 0.3 is 5.97 Å². The molecule has 0 aliphatic heterocycles. The number of benzene rings is 2. The Kier molecular flexibility index (Phi) is 3.61. The number of nitro benzene ring substituents is 1.